The highest BCUT2D eigenvalue weighted by atomic mass is 79.9. The smallest absolute Gasteiger partial charge is 0.133 e. The highest BCUT2D eigenvalue weighted by Gasteiger charge is 2.05. The van der Waals surface area contributed by atoms with E-state index in [1.807, 2.05) is 31.2 Å². The third-order valence-corrected chi connectivity index (χ3v) is 2.77. The van der Waals surface area contributed by atoms with Crippen molar-refractivity contribution in [2.75, 3.05) is 7.11 Å². The fourth-order valence-corrected chi connectivity index (χ4v) is 1.93. The van der Waals surface area contributed by atoms with Gasteiger partial charge in [-0.3, -0.25) is 5.10 Å². The Morgan fingerprint density at radius 2 is 2.13 bits per heavy atom. The number of hydrogen-bond acceptors (Lipinski definition) is 2. The molecule has 1 heterocycles. The van der Waals surface area contributed by atoms with Gasteiger partial charge in [0.1, 0.15) is 5.75 Å². The molecule has 0 saturated carbocycles. The predicted molar refractivity (Wildman–Crippen MR) is 63.0 cm³/mol. The van der Waals surface area contributed by atoms with Gasteiger partial charge in [0.15, 0.2) is 0 Å². The molecule has 0 fully saturated rings. The van der Waals surface area contributed by atoms with Gasteiger partial charge in [0.25, 0.3) is 0 Å². The van der Waals surface area contributed by atoms with E-state index in [0.717, 1.165) is 27.2 Å². The molecule has 0 radical (unpaired) electrons. The summed E-state index contributed by atoms with van der Waals surface area (Å²) in [5.74, 6) is 0.825. The van der Waals surface area contributed by atoms with Crippen molar-refractivity contribution in [3.8, 4) is 17.0 Å². The normalized spacial score (nSPS) is 10.3. The molecule has 0 unspecified atom stereocenters. The standard InChI is InChI=1S/C11H11BrN2O/c1-7-5-10(14-13-7)8-3-4-11(15-2)9(12)6-8/h3-6H,1-2H3,(H,13,14). The molecule has 0 aliphatic heterocycles. The molecule has 4 heteroatoms. The lowest BCUT2D eigenvalue weighted by Gasteiger charge is -2.04. The lowest BCUT2D eigenvalue weighted by Crippen LogP contribution is -1.85. The Bertz CT molecular complexity index is 479. The van der Waals surface area contributed by atoms with Gasteiger partial charge in [-0.15, -0.1) is 0 Å². The number of halogens is 1. The number of aryl methyl sites for hydroxylation is 1. The monoisotopic (exact) mass is 266 g/mol. The van der Waals surface area contributed by atoms with Crippen molar-refractivity contribution < 1.29 is 4.74 Å². The molecule has 0 amide bonds. The summed E-state index contributed by atoms with van der Waals surface area (Å²) in [5, 5.41) is 7.11. The zero-order valence-electron chi connectivity index (χ0n) is 8.54. The lowest BCUT2D eigenvalue weighted by molar-refractivity contribution is 0.412. The highest BCUT2D eigenvalue weighted by Crippen LogP contribution is 2.29. The van der Waals surface area contributed by atoms with Crippen LogP contribution in [0.4, 0.5) is 0 Å². The molecule has 0 saturated heterocycles. The molecule has 0 spiro atoms. The van der Waals surface area contributed by atoms with Gasteiger partial charge in [0.2, 0.25) is 0 Å². The number of nitrogens with zero attached hydrogens (tertiary/aromatic N) is 1. The number of aromatic nitrogens is 2. The molecule has 2 rings (SSSR count). The van der Waals surface area contributed by atoms with E-state index >= 15 is 0 Å². The first-order valence-electron chi connectivity index (χ1n) is 4.56. The van der Waals surface area contributed by atoms with Crippen LogP contribution >= 0.6 is 15.9 Å². The van der Waals surface area contributed by atoms with Crippen LogP contribution in [0.5, 0.6) is 5.75 Å². The van der Waals surface area contributed by atoms with Crippen molar-refractivity contribution in [3.63, 3.8) is 0 Å². The van der Waals surface area contributed by atoms with Gasteiger partial charge in [-0.25, -0.2) is 0 Å². The maximum absolute atomic E-state index is 5.17. The van der Waals surface area contributed by atoms with Crippen molar-refractivity contribution in [1.29, 1.82) is 0 Å². The first kappa shape index (κ1) is 10.2. The van der Waals surface area contributed by atoms with E-state index in [1.165, 1.54) is 0 Å². The van der Waals surface area contributed by atoms with Crippen LogP contribution in [0.15, 0.2) is 28.7 Å². The van der Waals surface area contributed by atoms with Crippen molar-refractivity contribution in [2.24, 2.45) is 0 Å². The van der Waals surface area contributed by atoms with E-state index in [-0.39, 0.29) is 0 Å². The molecular weight excluding hydrogens is 256 g/mol. The Morgan fingerprint density at radius 3 is 2.67 bits per heavy atom. The van der Waals surface area contributed by atoms with E-state index in [4.69, 9.17) is 4.74 Å². The van der Waals surface area contributed by atoms with Gasteiger partial charge < -0.3 is 4.74 Å². The summed E-state index contributed by atoms with van der Waals surface area (Å²) in [6.45, 7) is 1.98. The van der Waals surface area contributed by atoms with E-state index in [2.05, 4.69) is 26.1 Å². The third-order valence-electron chi connectivity index (χ3n) is 2.15. The lowest BCUT2D eigenvalue weighted by atomic mass is 10.1. The van der Waals surface area contributed by atoms with Crippen LogP contribution < -0.4 is 4.74 Å². The zero-order chi connectivity index (χ0) is 10.8. The van der Waals surface area contributed by atoms with E-state index in [9.17, 15) is 0 Å². The Labute approximate surface area is 96.6 Å². The Kier molecular flexibility index (Phi) is 2.77. The molecule has 2 aromatic rings. The molecule has 15 heavy (non-hydrogen) atoms. The molecule has 78 valence electrons. The number of H-pyrrole nitrogens is 1. The van der Waals surface area contributed by atoms with E-state index in [0.29, 0.717) is 0 Å². The third kappa shape index (κ3) is 2.04. The maximum Gasteiger partial charge on any atom is 0.133 e. The second-order valence-corrected chi connectivity index (χ2v) is 4.14. The number of benzene rings is 1. The fourth-order valence-electron chi connectivity index (χ4n) is 1.39. The number of rotatable bonds is 2. The van der Waals surface area contributed by atoms with Crippen molar-refractivity contribution in [3.05, 3.63) is 34.4 Å². The summed E-state index contributed by atoms with van der Waals surface area (Å²) in [6.07, 6.45) is 0. The van der Waals surface area contributed by atoms with Crippen LogP contribution in [-0.2, 0) is 0 Å². The Morgan fingerprint density at radius 1 is 1.33 bits per heavy atom. The SMILES string of the molecule is COc1ccc(-c2cc(C)[nH]n2)cc1Br. The average Bonchev–Trinajstić information content (AvgIpc) is 2.65. The number of aromatic amines is 1. The van der Waals surface area contributed by atoms with Gasteiger partial charge in [-0.1, -0.05) is 0 Å². The minimum atomic E-state index is 0.825. The summed E-state index contributed by atoms with van der Waals surface area (Å²) in [5.41, 5.74) is 3.06. The van der Waals surface area contributed by atoms with Crippen LogP contribution in [0.2, 0.25) is 0 Å². The number of ether oxygens (including phenoxy) is 1. The molecule has 0 bridgehead atoms. The number of methoxy groups -OCH3 is 1. The van der Waals surface area contributed by atoms with Crippen LogP contribution in [-0.4, -0.2) is 17.3 Å². The van der Waals surface area contributed by atoms with Gasteiger partial charge >= 0.3 is 0 Å². The Hall–Kier alpha value is -1.29. The van der Waals surface area contributed by atoms with Crippen molar-refractivity contribution in [1.82, 2.24) is 10.2 Å². The predicted octanol–water partition coefficient (Wildman–Crippen LogP) is 3.16. The summed E-state index contributed by atoms with van der Waals surface area (Å²) < 4.78 is 6.10. The van der Waals surface area contributed by atoms with Crippen LogP contribution in [0.1, 0.15) is 5.69 Å². The van der Waals surface area contributed by atoms with E-state index in [1.54, 1.807) is 7.11 Å². The number of nitrogens with one attached hydrogen (secondary N) is 1. The summed E-state index contributed by atoms with van der Waals surface area (Å²) >= 11 is 3.45. The molecule has 0 aliphatic carbocycles. The second kappa shape index (κ2) is 4.06. The minimum Gasteiger partial charge on any atom is -0.496 e. The van der Waals surface area contributed by atoms with Crippen LogP contribution in [0.3, 0.4) is 0 Å². The quantitative estimate of drug-likeness (QED) is 0.907. The van der Waals surface area contributed by atoms with Gasteiger partial charge in [0, 0.05) is 11.3 Å². The first-order chi connectivity index (χ1) is 7.20. The summed E-state index contributed by atoms with van der Waals surface area (Å²) in [6, 6.07) is 7.91. The van der Waals surface area contributed by atoms with E-state index < -0.39 is 0 Å². The zero-order valence-corrected chi connectivity index (χ0v) is 10.1. The maximum atomic E-state index is 5.17. The largest absolute Gasteiger partial charge is 0.496 e. The van der Waals surface area contributed by atoms with Crippen LogP contribution in [0.25, 0.3) is 11.3 Å². The summed E-state index contributed by atoms with van der Waals surface area (Å²) in [4.78, 5) is 0. The fraction of sp³-hybridized carbons (Fsp3) is 0.182. The molecule has 1 N–H and O–H groups in total. The molecule has 0 atom stereocenters. The molecule has 1 aromatic carbocycles. The molecule has 1 aromatic heterocycles. The molecular formula is C11H11BrN2O. The molecule has 0 aliphatic rings. The van der Waals surface area contributed by atoms with Gasteiger partial charge in [-0.2, -0.15) is 5.10 Å². The van der Waals surface area contributed by atoms with Gasteiger partial charge in [-0.05, 0) is 47.1 Å². The minimum absolute atomic E-state index is 0.825. The van der Waals surface area contributed by atoms with Crippen molar-refractivity contribution in [2.45, 2.75) is 6.92 Å². The first-order valence-corrected chi connectivity index (χ1v) is 5.36. The van der Waals surface area contributed by atoms with Gasteiger partial charge in [0.05, 0.1) is 17.3 Å². The summed E-state index contributed by atoms with van der Waals surface area (Å²) in [7, 11) is 1.65. The topological polar surface area (TPSA) is 37.9 Å². The average molecular weight is 267 g/mol. The second-order valence-electron chi connectivity index (χ2n) is 3.29. The number of hydrogen-bond donors (Lipinski definition) is 1. The molecule has 3 nitrogen and oxygen atoms in total. The highest BCUT2D eigenvalue weighted by molar-refractivity contribution is 9.10. The van der Waals surface area contributed by atoms with Crippen molar-refractivity contribution >= 4 is 15.9 Å². The Balaban J connectivity index is 2.42. The van der Waals surface area contributed by atoms with Crippen LogP contribution in [0, 0.1) is 6.92 Å².